The number of carbonyl (C=O) groups excluding carboxylic acids is 1. The number of rotatable bonds is 30. The Hall–Kier alpha value is -4.22. The number of aliphatic hydroxyl groups is 1. The van der Waals surface area contributed by atoms with Crippen LogP contribution in [0.1, 0.15) is 64.2 Å². The predicted molar refractivity (Wildman–Crippen MR) is 252 cm³/mol. The first-order chi connectivity index (χ1) is 30.5. The van der Waals surface area contributed by atoms with Crippen molar-refractivity contribution in [2.45, 2.75) is 65.6 Å². The smallest absolute Gasteiger partial charge is 1.00 e. The molecule has 0 bridgehead atoms. The summed E-state index contributed by atoms with van der Waals surface area (Å²) in [6.07, 6.45) is 5.91. The van der Waals surface area contributed by atoms with Gasteiger partial charge in [-0.1, -0.05) is 60.7 Å². The maximum absolute atomic E-state index is 12.2. The van der Waals surface area contributed by atoms with Crippen LogP contribution in [0.15, 0.2) is 107 Å². The molecule has 0 spiro atoms. The van der Waals surface area contributed by atoms with Gasteiger partial charge in [-0.15, -0.1) is 0 Å². The monoisotopic (exact) mass is 897 g/mol. The number of methoxy groups -OCH3 is 1. The summed E-state index contributed by atoms with van der Waals surface area (Å²) in [6, 6.07) is 29.9. The third kappa shape index (κ3) is 23.1. The second kappa shape index (κ2) is 37.0. The molecule has 0 aliphatic carbocycles. The Balaban J connectivity index is 0.00000121. The van der Waals surface area contributed by atoms with E-state index in [9.17, 15) is 9.90 Å². The maximum Gasteiger partial charge on any atom is 1.00 e. The molecule has 4 aromatic carbocycles. The van der Waals surface area contributed by atoms with Gasteiger partial charge in [0.15, 0.2) is 50.6 Å². The van der Waals surface area contributed by atoms with E-state index in [2.05, 4.69) is 21.4 Å². The van der Waals surface area contributed by atoms with Crippen molar-refractivity contribution in [1.29, 1.82) is 0 Å². The van der Waals surface area contributed by atoms with Gasteiger partial charge in [0.05, 0.1) is 20.3 Å². The summed E-state index contributed by atoms with van der Waals surface area (Å²) < 4.78 is 48.5. The van der Waals surface area contributed by atoms with Gasteiger partial charge in [-0.25, -0.2) is 4.79 Å². The van der Waals surface area contributed by atoms with Crippen molar-refractivity contribution in [1.82, 2.24) is 5.32 Å². The molecule has 2 N–H and O–H groups in total. The number of nitrogens with one attached hydrogen (secondary N) is 1. The molecule has 4 rings (SSSR count). The fourth-order valence-corrected chi connectivity index (χ4v) is 5.62. The molecule has 0 aliphatic rings. The summed E-state index contributed by atoms with van der Waals surface area (Å²) in [6.45, 7) is 11.7. The van der Waals surface area contributed by atoms with Crippen LogP contribution in [-0.2, 0) is 41.4 Å². The van der Waals surface area contributed by atoms with Crippen LogP contribution < -0.4 is 43.1 Å². The van der Waals surface area contributed by atoms with Crippen LogP contribution in [0.3, 0.4) is 0 Å². The summed E-state index contributed by atoms with van der Waals surface area (Å²) in [5.41, 5.74) is 3.70. The minimum Gasteiger partial charge on any atom is -1.00 e. The molecule has 0 radical (unpaired) electrons. The van der Waals surface area contributed by atoms with Gasteiger partial charge in [-0.3, -0.25) is 9.98 Å². The van der Waals surface area contributed by atoms with Crippen molar-refractivity contribution in [2.75, 3.05) is 73.9 Å². The number of ether oxygens (including phenoxy) is 9. The van der Waals surface area contributed by atoms with Crippen molar-refractivity contribution in [3.05, 3.63) is 119 Å². The Kier molecular flexibility index (Phi) is 33.5. The van der Waals surface area contributed by atoms with E-state index in [0.717, 1.165) is 53.0 Å². The molecular weight excluding hydrogens is 828 g/mol. The Morgan fingerprint density at radius 2 is 1.09 bits per heavy atom. The van der Waals surface area contributed by atoms with E-state index in [1.54, 1.807) is 12.4 Å². The fourth-order valence-electron chi connectivity index (χ4n) is 5.62. The Bertz CT molecular complexity index is 1880. The zero-order valence-electron chi connectivity index (χ0n) is 38.9. The summed E-state index contributed by atoms with van der Waals surface area (Å²) in [5, 5.41) is 13.2. The normalized spacial score (nSPS) is 11.7. The number of aryl methyl sites for hydroxylation is 1. The molecule has 0 saturated carbocycles. The zero-order chi connectivity index (χ0) is 44.5. The van der Waals surface area contributed by atoms with E-state index >= 15 is 0 Å². The number of para-hydroxylation sites is 4. The van der Waals surface area contributed by atoms with Crippen molar-refractivity contribution in [2.24, 2.45) is 9.98 Å². The van der Waals surface area contributed by atoms with Crippen LogP contribution in [-0.4, -0.2) is 127 Å². The molecule has 2 atom stereocenters. The Morgan fingerprint density at radius 3 is 1.59 bits per heavy atom. The SMILES string of the molecule is CCOCOc1ccccc1C=NCC(N=Cc1ccccc1OCOCC)C(=O)OC.CCOCOc1ccccc1CCCC(CO)NCc1ccccc1OCOCC.[AlH3].[H-].[Li+]. The Morgan fingerprint density at radius 1 is 0.656 bits per heavy atom. The standard InChI is InChI=1S/C24H30N2O6.C24H35NO5.Al.Li.4H/c1-4-29-17-31-22-12-8-6-10-19(22)14-25-16-21(24(27)28-3)26-15-20-11-7-9-13-23(20)32-18-30-5-2;1-3-27-18-29-23-14-7-5-10-20(23)12-9-13-22(17-26)25-16-21-11-6-8-15-24(21)30-19-28-4-2;;;;;;/h6-15,21H,4-5,16-18H2,1-3H3;5-8,10-11,14-15,22,25-26H,3-4,9,12-13,16-19H2,1-2H3;;;;;;/q;;;+1;;;;-1. The van der Waals surface area contributed by atoms with Gasteiger partial charge in [-0.2, -0.15) is 0 Å². The molecule has 64 heavy (non-hydrogen) atoms. The topological polar surface area (TPSA) is 157 Å². The molecule has 0 fully saturated rings. The van der Waals surface area contributed by atoms with Gasteiger partial charge < -0.3 is 54.5 Å². The van der Waals surface area contributed by atoms with E-state index in [-0.39, 0.29) is 84.0 Å². The predicted octanol–water partition coefficient (Wildman–Crippen LogP) is 3.35. The number of aliphatic hydroxyl groups excluding tert-OH is 1. The molecule has 0 heterocycles. The second-order valence-electron chi connectivity index (χ2n) is 13.3. The zero-order valence-corrected chi connectivity index (χ0v) is 37.9. The first-order valence-corrected chi connectivity index (χ1v) is 21.1. The summed E-state index contributed by atoms with van der Waals surface area (Å²) in [4.78, 5) is 21.0. The number of hydrogen-bond donors (Lipinski definition) is 2. The number of aliphatic imine (C=N–C) groups is 2. The van der Waals surface area contributed by atoms with E-state index in [1.165, 1.54) is 7.11 Å². The molecule has 0 amide bonds. The fraction of sp³-hybridized carbons (Fsp3) is 0.438. The molecule has 0 aromatic heterocycles. The van der Waals surface area contributed by atoms with Crippen molar-refractivity contribution in [3.8, 4) is 23.0 Å². The van der Waals surface area contributed by atoms with Gasteiger partial charge in [-0.05, 0) is 88.9 Å². The van der Waals surface area contributed by atoms with Crippen molar-refractivity contribution < 1.29 is 72.8 Å². The summed E-state index contributed by atoms with van der Waals surface area (Å²) >= 11 is 0. The minimum atomic E-state index is -0.798. The number of carbonyl (C=O) groups is 1. The third-order valence-electron chi connectivity index (χ3n) is 8.97. The number of benzene rings is 4. The van der Waals surface area contributed by atoms with Crippen LogP contribution in [0, 0.1) is 0 Å². The largest absolute Gasteiger partial charge is 1.00 e. The molecule has 346 valence electrons. The van der Waals surface area contributed by atoms with E-state index < -0.39 is 12.0 Å². The quantitative estimate of drug-likeness (QED) is 0.0259. The first kappa shape index (κ1) is 57.8. The van der Waals surface area contributed by atoms with Crippen molar-refractivity contribution >= 4 is 35.8 Å². The van der Waals surface area contributed by atoms with E-state index in [1.807, 2.05) is 119 Å². The first-order valence-electron chi connectivity index (χ1n) is 21.1. The Labute approximate surface area is 403 Å². The molecule has 4 aromatic rings. The average Bonchev–Trinajstić information content (AvgIpc) is 3.30. The minimum absolute atomic E-state index is 0. The second-order valence-corrected chi connectivity index (χ2v) is 13.3. The van der Waals surface area contributed by atoms with Crippen LogP contribution >= 0.6 is 0 Å². The molecular formula is C48H69AlLiN3O11. The van der Waals surface area contributed by atoms with Crippen LogP contribution in [0.4, 0.5) is 0 Å². The maximum atomic E-state index is 12.2. The summed E-state index contributed by atoms with van der Waals surface area (Å²) in [5.74, 6) is 2.43. The average molecular weight is 898 g/mol. The van der Waals surface area contributed by atoms with Gasteiger partial charge in [0.25, 0.3) is 0 Å². The molecule has 16 heteroatoms. The van der Waals surface area contributed by atoms with Gasteiger partial charge >= 0.3 is 24.8 Å². The molecule has 2 unspecified atom stereocenters. The van der Waals surface area contributed by atoms with Crippen LogP contribution in [0.2, 0.25) is 0 Å². The molecule has 14 nitrogen and oxygen atoms in total. The number of hydrogen-bond acceptors (Lipinski definition) is 14. The molecule has 0 saturated heterocycles. The number of esters is 1. The van der Waals surface area contributed by atoms with E-state index in [0.29, 0.717) is 44.5 Å². The van der Waals surface area contributed by atoms with Crippen molar-refractivity contribution in [3.63, 3.8) is 0 Å². The third-order valence-corrected chi connectivity index (χ3v) is 8.97. The van der Waals surface area contributed by atoms with Gasteiger partial charge in [0.2, 0.25) is 0 Å². The summed E-state index contributed by atoms with van der Waals surface area (Å²) in [7, 11) is 1.32. The van der Waals surface area contributed by atoms with Gasteiger partial charge in [0, 0.05) is 68.1 Å². The molecule has 0 aliphatic heterocycles. The van der Waals surface area contributed by atoms with E-state index in [4.69, 9.17) is 42.6 Å². The van der Waals surface area contributed by atoms with Crippen LogP contribution in [0.5, 0.6) is 23.0 Å². The number of nitrogens with zero attached hydrogens (tertiary/aromatic N) is 2. The van der Waals surface area contributed by atoms with Gasteiger partial charge in [0.1, 0.15) is 23.0 Å². The van der Waals surface area contributed by atoms with Crippen LogP contribution in [0.25, 0.3) is 0 Å².